The molecule has 0 N–H and O–H groups in total. The second kappa shape index (κ2) is 13.6. The van der Waals surface area contributed by atoms with Crippen LogP contribution in [0.2, 0.25) is 0 Å². The van der Waals surface area contributed by atoms with E-state index in [1.165, 1.54) is 55.8 Å². The average Bonchev–Trinajstić information content (AvgIpc) is 3.57. The third kappa shape index (κ3) is 6.65. The lowest BCUT2D eigenvalue weighted by Crippen LogP contribution is -2.07. The Morgan fingerprint density at radius 3 is 1.41 bits per heavy atom. The molecule has 1 heterocycles. The molecule has 7 rings (SSSR count). The molecule has 0 amide bonds. The van der Waals surface area contributed by atoms with Gasteiger partial charge in [0.15, 0.2) is 0 Å². The van der Waals surface area contributed by atoms with Crippen molar-refractivity contribution in [2.75, 3.05) is 0 Å². The van der Waals surface area contributed by atoms with Crippen molar-refractivity contribution in [1.29, 1.82) is 0 Å². The maximum absolute atomic E-state index is 5.44. The van der Waals surface area contributed by atoms with Gasteiger partial charge in [-0.1, -0.05) is 142 Å². The van der Waals surface area contributed by atoms with Gasteiger partial charge < -0.3 is 0 Å². The van der Waals surface area contributed by atoms with Crippen LogP contribution in [0.5, 0.6) is 0 Å². The van der Waals surface area contributed by atoms with Crippen molar-refractivity contribution in [1.82, 2.24) is 9.55 Å². The van der Waals surface area contributed by atoms with Gasteiger partial charge in [-0.2, -0.15) is 0 Å². The van der Waals surface area contributed by atoms with Gasteiger partial charge in [0, 0.05) is 17.3 Å². The van der Waals surface area contributed by atoms with Crippen molar-refractivity contribution in [2.24, 2.45) is 0 Å². The van der Waals surface area contributed by atoms with Crippen LogP contribution in [0.15, 0.2) is 146 Å². The number of aryl methyl sites for hydroxylation is 2. The smallest absolute Gasteiger partial charge is 0.145 e. The summed E-state index contributed by atoms with van der Waals surface area (Å²) in [5, 5.41) is 0. The topological polar surface area (TPSA) is 17.8 Å². The first-order valence-corrected chi connectivity index (χ1v) is 17.4. The van der Waals surface area contributed by atoms with Crippen molar-refractivity contribution >= 4 is 0 Å². The summed E-state index contributed by atoms with van der Waals surface area (Å²) in [7, 11) is 0. The lowest BCUT2D eigenvalue weighted by molar-refractivity contribution is 0.807. The summed E-state index contributed by atoms with van der Waals surface area (Å²) >= 11 is 0. The van der Waals surface area contributed by atoms with E-state index in [0.29, 0.717) is 11.8 Å². The third-order valence-corrected chi connectivity index (χ3v) is 9.41. The van der Waals surface area contributed by atoms with E-state index in [-0.39, 0.29) is 0 Å². The molecule has 0 aliphatic carbocycles. The highest BCUT2D eigenvalue weighted by Crippen LogP contribution is 2.38. The lowest BCUT2D eigenvalue weighted by Gasteiger charge is -2.22. The molecule has 0 aliphatic heterocycles. The van der Waals surface area contributed by atoms with Crippen LogP contribution in [-0.2, 0) is 0 Å². The fourth-order valence-electron chi connectivity index (χ4n) is 7.03. The zero-order chi connectivity index (χ0) is 34.1. The minimum atomic E-state index is 0.358. The van der Waals surface area contributed by atoms with Gasteiger partial charge in [-0.25, -0.2) is 4.98 Å². The molecular formula is C47H44N2. The van der Waals surface area contributed by atoms with Crippen LogP contribution in [0.1, 0.15) is 61.8 Å². The monoisotopic (exact) mass is 636 g/mol. The maximum atomic E-state index is 5.44. The van der Waals surface area contributed by atoms with Crippen LogP contribution in [0.3, 0.4) is 0 Å². The predicted octanol–water partition coefficient (Wildman–Crippen LogP) is 13.1. The van der Waals surface area contributed by atoms with E-state index in [1.807, 2.05) is 0 Å². The molecule has 0 aliphatic rings. The molecule has 0 saturated carbocycles. The largest absolute Gasteiger partial charge is 0.299 e. The Labute approximate surface area is 291 Å². The Hall–Kier alpha value is -5.47. The van der Waals surface area contributed by atoms with Crippen molar-refractivity contribution in [3.05, 3.63) is 168 Å². The SMILES string of the molecule is Cc1cc(C)cc(-c2cn(-c3c(C(C)C)cccc3C(C)C)c(-c3cccc(-c4cc(-c5ccccc5)cc(-c5ccccc5)c4)c3)n2)c1. The van der Waals surface area contributed by atoms with Crippen molar-refractivity contribution in [2.45, 2.75) is 53.4 Å². The first-order valence-electron chi connectivity index (χ1n) is 17.4. The van der Waals surface area contributed by atoms with E-state index >= 15 is 0 Å². The summed E-state index contributed by atoms with van der Waals surface area (Å²) in [6.07, 6.45) is 2.26. The van der Waals surface area contributed by atoms with Gasteiger partial charge in [0.2, 0.25) is 0 Å². The minimum absolute atomic E-state index is 0.358. The Bertz CT molecular complexity index is 2130. The molecular weight excluding hydrogens is 593 g/mol. The van der Waals surface area contributed by atoms with Gasteiger partial charge >= 0.3 is 0 Å². The Morgan fingerprint density at radius 1 is 0.429 bits per heavy atom. The number of rotatable bonds is 8. The molecule has 2 heteroatoms. The summed E-state index contributed by atoms with van der Waals surface area (Å²) in [6.45, 7) is 13.5. The number of benzene rings is 6. The molecule has 0 saturated heterocycles. The molecule has 49 heavy (non-hydrogen) atoms. The second-order valence-electron chi connectivity index (χ2n) is 13.9. The summed E-state index contributed by atoms with van der Waals surface area (Å²) < 4.78 is 2.37. The van der Waals surface area contributed by atoms with E-state index < -0.39 is 0 Å². The molecule has 242 valence electrons. The fourth-order valence-corrected chi connectivity index (χ4v) is 7.03. The maximum Gasteiger partial charge on any atom is 0.145 e. The average molecular weight is 637 g/mol. The molecule has 6 aromatic carbocycles. The van der Waals surface area contributed by atoms with Gasteiger partial charge in [-0.3, -0.25) is 4.57 Å². The highest BCUT2D eigenvalue weighted by Gasteiger charge is 2.21. The van der Waals surface area contributed by atoms with Crippen molar-refractivity contribution < 1.29 is 0 Å². The molecule has 0 bridgehead atoms. The molecule has 0 fully saturated rings. The summed E-state index contributed by atoms with van der Waals surface area (Å²) in [4.78, 5) is 5.44. The van der Waals surface area contributed by atoms with Crippen molar-refractivity contribution in [3.8, 4) is 61.7 Å². The zero-order valence-corrected chi connectivity index (χ0v) is 29.4. The van der Waals surface area contributed by atoms with E-state index in [2.05, 4.69) is 192 Å². The molecule has 0 radical (unpaired) electrons. The second-order valence-corrected chi connectivity index (χ2v) is 13.9. The summed E-state index contributed by atoms with van der Waals surface area (Å²) in [5.74, 6) is 1.67. The number of hydrogen-bond acceptors (Lipinski definition) is 1. The number of aromatic nitrogens is 2. The van der Waals surface area contributed by atoms with E-state index in [1.54, 1.807) is 0 Å². The van der Waals surface area contributed by atoms with E-state index in [4.69, 9.17) is 4.98 Å². The minimum Gasteiger partial charge on any atom is -0.299 e. The van der Waals surface area contributed by atoms with Gasteiger partial charge in [-0.15, -0.1) is 0 Å². The quantitative estimate of drug-likeness (QED) is 0.162. The molecule has 1 aromatic heterocycles. The van der Waals surface area contributed by atoms with E-state index in [9.17, 15) is 0 Å². The van der Waals surface area contributed by atoms with Crippen LogP contribution in [0.4, 0.5) is 0 Å². The molecule has 0 spiro atoms. The fraction of sp³-hybridized carbons (Fsp3) is 0.170. The Balaban J connectivity index is 1.45. The van der Waals surface area contributed by atoms with Gasteiger partial charge in [0.1, 0.15) is 5.82 Å². The molecule has 0 atom stereocenters. The number of para-hydroxylation sites is 1. The van der Waals surface area contributed by atoms with Crippen LogP contribution >= 0.6 is 0 Å². The van der Waals surface area contributed by atoms with Crippen LogP contribution in [0, 0.1) is 13.8 Å². The third-order valence-electron chi connectivity index (χ3n) is 9.41. The standard InChI is InChI=1S/C47H44N2/c1-31(2)43-21-14-22-44(32(3)4)46(43)49-30-45(42-24-33(5)23-34(6)25-42)48-47(49)38-20-13-19-37(26-38)41-28-39(35-15-9-7-10-16-35)27-40(29-41)36-17-11-8-12-18-36/h7-32H,1-6H3. The predicted molar refractivity (Wildman–Crippen MR) is 208 cm³/mol. The number of nitrogens with zero attached hydrogens (tertiary/aromatic N) is 2. The van der Waals surface area contributed by atoms with Crippen molar-refractivity contribution in [3.63, 3.8) is 0 Å². The zero-order valence-electron chi connectivity index (χ0n) is 29.4. The Morgan fingerprint density at radius 2 is 0.878 bits per heavy atom. The van der Waals surface area contributed by atoms with Gasteiger partial charge in [0.25, 0.3) is 0 Å². The number of hydrogen-bond donors (Lipinski definition) is 0. The number of imidazole rings is 1. The lowest BCUT2D eigenvalue weighted by atomic mass is 9.92. The molecule has 7 aromatic rings. The summed E-state index contributed by atoms with van der Waals surface area (Å²) in [5.41, 5.74) is 16.8. The first-order chi connectivity index (χ1) is 23.7. The van der Waals surface area contributed by atoms with Crippen LogP contribution in [0.25, 0.3) is 61.7 Å². The Kier molecular flexibility index (Phi) is 8.89. The first kappa shape index (κ1) is 32.1. The normalized spacial score (nSPS) is 11.4. The highest BCUT2D eigenvalue weighted by molar-refractivity contribution is 5.83. The molecule has 0 unspecified atom stereocenters. The van der Waals surface area contributed by atoms with Crippen LogP contribution in [-0.4, -0.2) is 9.55 Å². The molecule has 2 nitrogen and oxygen atoms in total. The van der Waals surface area contributed by atoms with Gasteiger partial charge in [0.05, 0.1) is 11.4 Å². The van der Waals surface area contributed by atoms with E-state index in [0.717, 1.165) is 28.2 Å². The van der Waals surface area contributed by atoms with Gasteiger partial charge in [-0.05, 0) is 107 Å². The van der Waals surface area contributed by atoms with Crippen LogP contribution < -0.4 is 0 Å². The highest BCUT2D eigenvalue weighted by atomic mass is 15.1. The summed E-state index contributed by atoms with van der Waals surface area (Å²) in [6, 6.07) is 50.7.